The lowest BCUT2D eigenvalue weighted by Crippen LogP contribution is -2.23. The van der Waals surface area contributed by atoms with E-state index < -0.39 is 0 Å². The largest absolute Gasteiger partial charge is 0.490 e. The second-order valence-corrected chi connectivity index (χ2v) is 8.81. The molecule has 0 aliphatic heterocycles. The highest BCUT2D eigenvalue weighted by Gasteiger charge is 2.13. The molecule has 5 aromatic rings. The van der Waals surface area contributed by atoms with Crippen LogP contribution in [0.1, 0.15) is 5.76 Å². The van der Waals surface area contributed by atoms with Crippen molar-refractivity contribution < 1.29 is 9.15 Å². The highest BCUT2D eigenvalue weighted by molar-refractivity contribution is 9.10. The van der Waals surface area contributed by atoms with Gasteiger partial charge >= 0.3 is 0 Å². The summed E-state index contributed by atoms with van der Waals surface area (Å²) in [6, 6.07) is 19.0. The van der Waals surface area contributed by atoms with Crippen LogP contribution in [0.5, 0.6) is 5.75 Å². The molecule has 0 N–H and O–H groups in total. The van der Waals surface area contributed by atoms with Crippen LogP contribution in [0.3, 0.4) is 0 Å². The van der Waals surface area contributed by atoms with Crippen LogP contribution in [0, 0.1) is 0 Å². The molecule has 5 rings (SSSR count). The highest BCUT2D eigenvalue weighted by atomic mass is 79.9. The van der Waals surface area contributed by atoms with Crippen molar-refractivity contribution in [2.75, 3.05) is 6.61 Å². The molecule has 0 unspecified atom stereocenters. The number of furan rings is 1. The molecule has 2 aromatic carbocycles. The lowest BCUT2D eigenvalue weighted by atomic mass is 10.2. The molecule has 0 aliphatic rings. The van der Waals surface area contributed by atoms with Gasteiger partial charge in [-0.05, 0) is 48.5 Å². The Morgan fingerprint density at radius 2 is 1.97 bits per heavy atom. The lowest BCUT2D eigenvalue weighted by molar-refractivity contribution is 0.363. The first-order chi connectivity index (χ1) is 15.6. The van der Waals surface area contributed by atoms with Crippen molar-refractivity contribution in [1.29, 1.82) is 0 Å². The number of fused-ring (bicyclic) bond motifs is 1. The van der Waals surface area contributed by atoms with Crippen molar-refractivity contribution in [3.05, 3.63) is 98.4 Å². The number of hydrogen-bond donors (Lipinski definition) is 0. The van der Waals surface area contributed by atoms with Gasteiger partial charge < -0.3 is 9.15 Å². The van der Waals surface area contributed by atoms with Gasteiger partial charge in [-0.2, -0.15) is 9.50 Å². The number of thiazole rings is 1. The number of benzene rings is 2. The fraction of sp³-hybridized carbons (Fsp3) is 0.0417. The molecule has 6 nitrogen and oxygen atoms in total. The van der Waals surface area contributed by atoms with Crippen LogP contribution in [0.15, 0.2) is 87.0 Å². The summed E-state index contributed by atoms with van der Waals surface area (Å²) in [5, 5.41) is 4.39. The van der Waals surface area contributed by atoms with Crippen molar-refractivity contribution in [2.45, 2.75) is 0 Å². The predicted octanol–water partition coefficient (Wildman–Crippen LogP) is 4.95. The van der Waals surface area contributed by atoms with Gasteiger partial charge in [0, 0.05) is 21.7 Å². The summed E-state index contributed by atoms with van der Waals surface area (Å²) in [6.07, 6.45) is 3.41. The molecule has 0 fully saturated rings. The number of ether oxygens (including phenoxy) is 1. The summed E-state index contributed by atoms with van der Waals surface area (Å²) < 4.78 is 14.2. The molecule has 3 aromatic heterocycles. The summed E-state index contributed by atoms with van der Waals surface area (Å²) >= 11 is 4.74. The zero-order valence-corrected chi connectivity index (χ0v) is 19.1. The van der Waals surface area contributed by atoms with E-state index in [1.165, 1.54) is 15.9 Å². The van der Waals surface area contributed by atoms with Crippen LogP contribution in [0.25, 0.3) is 33.7 Å². The first-order valence-corrected chi connectivity index (χ1v) is 11.3. The normalized spacial score (nSPS) is 11.8. The van der Waals surface area contributed by atoms with Crippen molar-refractivity contribution >= 4 is 38.3 Å². The number of halogens is 1. The van der Waals surface area contributed by atoms with Crippen LogP contribution in [-0.2, 0) is 0 Å². The third-order valence-electron chi connectivity index (χ3n) is 4.67. The average Bonchev–Trinajstić information content (AvgIpc) is 3.50. The molecule has 0 bridgehead atoms. The quantitative estimate of drug-likeness (QED) is 0.305. The molecule has 0 radical (unpaired) electrons. The van der Waals surface area contributed by atoms with Crippen LogP contribution in [0.4, 0.5) is 0 Å². The number of rotatable bonds is 6. The molecular formula is C24H16BrN3O3S. The highest BCUT2D eigenvalue weighted by Crippen LogP contribution is 2.25. The van der Waals surface area contributed by atoms with Crippen molar-refractivity contribution in [3.8, 4) is 28.5 Å². The standard InChI is InChI=1S/C24H16BrN3O3S/c1-2-12-30-18-8-6-15(7-9-18)22-26-24-28(27-22)23(29)21(32-24)14-19-10-11-20(31-19)16-4-3-5-17(25)13-16/h2-11,13-14H,1,12H2. The summed E-state index contributed by atoms with van der Waals surface area (Å²) in [5.41, 5.74) is 1.53. The minimum Gasteiger partial charge on any atom is -0.490 e. The monoisotopic (exact) mass is 505 g/mol. The molecular weight excluding hydrogens is 490 g/mol. The molecule has 0 spiro atoms. The Morgan fingerprint density at radius 3 is 2.72 bits per heavy atom. The minimum absolute atomic E-state index is 0.227. The molecule has 8 heteroatoms. The zero-order valence-electron chi connectivity index (χ0n) is 16.7. The zero-order chi connectivity index (χ0) is 22.1. The van der Waals surface area contributed by atoms with Crippen molar-refractivity contribution in [1.82, 2.24) is 14.6 Å². The SMILES string of the molecule is C=CCOc1ccc(-c2nc3sc(=Cc4ccc(-c5cccc(Br)c5)o4)c(=O)n3n2)cc1. The third kappa shape index (κ3) is 4.02. The molecule has 0 saturated carbocycles. The number of nitrogens with zero attached hydrogens (tertiary/aromatic N) is 3. The summed E-state index contributed by atoms with van der Waals surface area (Å²) in [6.45, 7) is 4.07. The molecule has 3 heterocycles. The Kier molecular flexibility index (Phi) is 5.46. The van der Waals surface area contributed by atoms with Crippen LogP contribution in [-0.4, -0.2) is 21.2 Å². The average molecular weight is 506 g/mol. The van der Waals surface area contributed by atoms with E-state index >= 15 is 0 Å². The summed E-state index contributed by atoms with van der Waals surface area (Å²) in [7, 11) is 0. The van der Waals surface area contributed by atoms with Gasteiger partial charge in [-0.1, -0.05) is 52.1 Å². The molecule has 0 saturated heterocycles. The molecule has 0 aliphatic carbocycles. The Balaban J connectivity index is 1.44. The van der Waals surface area contributed by atoms with E-state index in [1.54, 1.807) is 12.2 Å². The Hall–Kier alpha value is -3.49. The molecule has 0 amide bonds. The first-order valence-electron chi connectivity index (χ1n) is 9.72. The fourth-order valence-electron chi connectivity index (χ4n) is 3.17. The second kappa shape index (κ2) is 8.57. The molecule has 0 atom stereocenters. The summed E-state index contributed by atoms with van der Waals surface area (Å²) in [4.78, 5) is 17.9. The van der Waals surface area contributed by atoms with Gasteiger partial charge in [0.15, 0.2) is 5.82 Å². The Bertz CT molecular complexity index is 1530. The molecule has 158 valence electrons. The lowest BCUT2D eigenvalue weighted by Gasteiger charge is -2.02. The van der Waals surface area contributed by atoms with E-state index in [0.29, 0.717) is 27.7 Å². The minimum atomic E-state index is -0.227. The van der Waals surface area contributed by atoms with Gasteiger partial charge in [0.05, 0.1) is 0 Å². The van der Waals surface area contributed by atoms with E-state index in [2.05, 4.69) is 32.6 Å². The maximum absolute atomic E-state index is 12.8. The van der Waals surface area contributed by atoms with Crippen LogP contribution < -0.4 is 14.8 Å². The van der Waals surface area contributed by atoms with E-state index in [4.69, 9.17) is 9.15 Å². The second-order valence-electron chi connectivity index (χ2n) is 6.88. The van der Waals surface area contributed by atoms with E-state index in [1.807, 2.05) is 60.7 Å². The van der Waals surface area contributed by atoms with Gasteiger partial charge in [0.2, 0.25) is 4.96 Å². The Labute approximate surface area is 195 Å². The van der Waals surface area contributed by atoms with Gasteiger partial charge in [-0.15, -0.1) is 5.10 Å². The van der Waals surface area contributed by atoms with Crippen molar-refractivity contribution in [3.63, 3.8) is 0 Å². The van der Waals surface area contributed by atoms with E-state index in [9.17, 15) is 4.79 Å². The smallest absolute Gasteiger partial charge is 0.291 e. The first kappa shape index (κ1) is 20.4. The maximum Gasteiger partial charge on any atom is 0.291 e. The Morgan fingerprint density at radius 1 is 1.12 bits per heavy atom. The van der Waals surface area contributed by atoms with E-state index in [-0.39, 0.29) is 5.56 Å². The van der Waals surface area contributed by atoms with E-state index in [0.717, 1.165) is 27.1 Å². The van der Waals surface area contributed by atoms with Crippen LogP contribution in [0.2, 0.25) is 0 Å². The van der Waals surface area contributed by atoms with Crippen LogP contribution >= 0.6 is 27.3 Å². The summed E-state index contributed by atoms with van der Waals surface area (Å²) in [5.74, 6) is 2.55. The van der Waals surface area contributed by atoms with Gasteiger partial charge in [-0.3, -0.25) is 4.79 Å². The van der Waals surface area contributed by atoms with Gasteiger partial charge in [0.25, 0.3) is 5.56 Å². The maximum atomic E-state index is 12.8. The van der Waals surface area contributed by atoms with Crippen molar-refractivity contribution in [2.24, 2.45) is 0 Å². The predicted molar refractivity (Wildman–Crippen MR) is 129 cm³/mol. The third-order valence-corrected chi connectivity index (χ3v) is 6.12. The number of aromatic nitrogens is 3. The number of hydrogen-bond acceptors (Lipinski definition) is 6. The van der Waals surface area contributed by atoms with Gasteiger partial charge in [0.1, 0.15) is 28.4 Å². The topological polar surface area (TPSA) is 69.6 Å². The van der Waals surface area contributed by atoms with Gasteiger partial charge in [-0.25, -0.2) is 0 Å². The fourth-order valence-corrected chi connectivity index (χ4v) is 4.46. The molecule has 32 heavy (non-hydrogen) atoms.